The molecule has 0 aliphatic heterocycles. The van der Waals surface area contributed by atoms with E-state index in [0.717, 1.165) is 10.6 Å². The average Bonchev–Trinajstić information content (AvgIpc) is 3.17. The van der Waals surface area contributed by atoms with Crippen LogP contribution in [-0.2, 0) is 6.54 Å². The van der Waals surface area contributed by atoms with Crippen molar-refractivity contribution in [2.24, 2.45) is 0 Å². The Morgan fingerprint density at radius 3 is 3.00 bits per heavy atom. The lowest BCUT2D eigenvalue weighted by Gasteiger charge is -2.01. The van der Waals surface area contributed by atoms with Crippen molar-refractivity contribution in [1.82, 2.24) is 20.4 Å². The molecule has 0 saturated carbocycles. The first-order chi connectivity index (χ1) is 10.2. The third kappa shape index (κ3) is 3.14. The molecule has 106 valence electrons. The molecule has 21 heavy (non-hydrogen) atoms. The summed E-state index contributed by atoms with van der Waals surface area (Å²) in [5, 5.41) is 8.45. The molecule has 0 spiro atoms. The number of thiophene rings is 1. The topological polar surface area (TPSA) is 80.9 Å². The standard InChI is InChI=1S/C14H12N4O2S/c1-9-6-16-10(7-15-9)8-17-14(19)11-5-12(20-18-11)13-3-2-4-21-13/h2-7H,8H2,1H3,(H,17,19). The Balaban J connectivity index is 1.64. The zero-order valence-corrected chi connectivity index (χ0v) is 12.1. The van der Waals surface area contributed by atoms with Gasteiger partial charge in [0.15, 0.2) is 11.5 Å². The lowest BCUT2D eigenvalue weighted by atomic mass is 10.3. The molecule has 3 heterocycles. The van der Waals surface area contributed by atoms with Crippen LogP contribution in [0.25, 0.3) is 10.6 Å². The molecule has 0 saturated heterocycles. The van der Waals surface area contributed by atoms with E-state index >= 15 is 0 Å². The maximum atomic E-state index is 12.0. The van der Waals surface area contributed by atoms with Gasteiger partial charge in [0.25, 0.3) is 5.91 Å². The second-order valence-electron chi connectivity index (χ2n) is 4.39. The molecular formula is C14H12N4O2S. The van der Waals surface area contributed by atoms with Gasteiger partial charge in [-0.25, -0.2) is 0 Å². The molecule has 0 atom stereocenters. The number of nitrogens with zero attached hydrogens (tertiary/aromatic N) is 3. The monoisotopic (exact) mass is 300 g/mol. The van der Waals surface area contributed by atoms with Crippen LogP contribution in [0.15, 0.2) is 40.5 Å². The molecule has 1 amide bonds. The SMILES string of the molecule is Cc1cnc(CNC(=O)c2cc(-c3cccs3)on2)cn1. The molecule has 3 aromatic rings. The van der Waals surface area contributed by atoms with Gasteiger partial charge >= 0.3 is 0 Å². The van der Waals surface area contributed by atoms with E-state index in [0.29, 0.717) is 18.0 Å². The molecule has 7 heteroatoms. The highest BCUT2D eigenvalue weighted by Crippen LogP contribution is 2.24. The smallest absolute Gasteiger partial charge is 0.273 e. The van der Waals surface area contributed by atoms with Crippen molar-refractivity contribution in [3.8, 4) is 10.6 Å². The van der Waals surface area contributed by atoms with E-state index in [1.165, 1.54) is 11.3 Å². The predicted molar refractivity (Wildman–Crippen MR) is 77.8 cm³/mol. The van der Waals surface area contributed by atoms with Crippen LogP contribution >= 0.6 is 11.3 Å². The van der Waals surface area contributed by atoms with Crippen LogP contribution in [0.4, 0.5) is 0 Å². The number of rotatable bonds is 4. The first kappa shape index (κ1) is 13.4. The molecule has 0 bridgehead atoms. The highest BCUT2D eigenvalue weighted by molar-refractivity contribution is 7.13. The number of amides is 1. The number of aryl methyl sites for hydroxylation is 1. The zero-order valence-electron chi connectivity index (χ0n) is 11.2. The normalized spacial score (nSPS) is 10.5. The van der Waals surface area contributed by atoms with Gasteiger partial charge in [0.1, 0.15) is 0 Å². The number of nitrogens with one attached hydrogen (secondary N) is 1. The van der Waals surface area contributed by atoms with Crippen LogP contribution in [0.1, 0.15) is 21.9 Å². The Kier molecular flexibility index (Phi) is 3.74. The van der Waals surface area contributed by atoms with E-state index in [4.69, 9.17) is 4.52 Å². The van der Waals surface area contributed by atoms with Gasteiger partial charge in [-0.1, -0.05) is 11.2 Å². The van der Waals surface area contributed by atoms with Crippen molar-refractivity contribution >= 4 is 17.2 Å². The van der Waals surface area contributed by atoms with Crippen molar-refractivity contribution in [2.45, 2.75) is 13.5 Å². The number of hydrogen-bond acceptors (Lipinski definition) is 6. The molecule has 0 aliphatic carbocycles. The molecule has 6 nitrogen and oxygen atoms in total. The molecule has 0 radical (unpaired) electrons. The van der Waals surface area contributed by atoms with E-state index in [2.05, 4.69) is 20.4 Å². The van der Waals surface area contributed by atoms with E-state index < -0.39 is 0 Å². The number of carbonyl (C=O) groups is 1. The summed E-state index contributed by atoms with van der Waals surface area (Å²) in [6.07, 6.45) is 3.29. The van der Waals surface area contributed by atoms with Gasteiger partial charge in [-0.2, -0.15) is 0 Å². The molecule has 0 aromatic carbocycles. The third-order valence-electron chi connectivity index (χ3n) is 2.77. The predicted octanol–water partition coefficient (Wildman–Crippen LogP) is 2.43. The maximum absolute atomic E-state index is 12.0. The Bertz CT molecular complexity index is 735. The highest BCUT2D eigenvalue weighted by atomic mass is 32.1. The van der Waals surface area contributed by atoms with Crippen molar-refractivity contribution < 1.29 is 9.32 Å². The molecule has 1 N–H and O–H groups in total. The van der Waals surface area contributed by atoms with E-state index in [1.54, 1.807) is 18.5 Å². The van der Waals surface area contributed by atoms with E-state index in [1.807, 2.05) is 24.4 Å². The quantitative estimate of drug-likeness (QED) is 0.800. The fourth-order valence-corrected chi connectivity index (χ4v) is 2.36. The Morgan fingerprint density at radius 2 is 2.29 bits per heavy atom. The van der Waals surface area contributed by atoms with Crippen LogP contribution in [0, 0.1) is 6.92 Å². The summed E-state index contributed by atoms with van der Waals surface area (Å²) in [6.45, 7) is 2.16. The van der Waals surface area contributed by atoms with Crippen LogP contribution < -0.4 is 5.32 Å². The van der Waals surface area contributed by atoms with Crippen LogP contribution in [0.3, 0.4) is 0 Å². The lowest BCUT2D eigenvalue weighted by Crippen LogP contribution is -2.23. The van der Waals surface area contributed by atoms with Gasteiger partial charge in [0, 0.05) is 12.3 Å². The molecule has 0 unspecified atom stereocenters. The largest absolute Gasteiger partial charge is 0.355 e. The van der Waals surface area contributed by atoms with Gasteiger partial charge in [0.05, 0.1) is 29.0 Å². The van der Waals surface area contributed by atoms with Crippen LogP contribution in [-0.4, -0.2) is 21.0 Å². The molecule has 0 fully saturated rings. The summed E-state index contributed by atoms with van der Waals surface area (Å²) in [5.74, 6) is 0.286. The second-order valence-corrected chi connectivity index (χ2v) is 5.33. The van der Waals surface area contributed by atoms with Gasteiger partial charge in [0.2, 0.25) is 0 Å². The molecule has 0 aliphatic rings. The van der Waals surface area contributed by atoms with Crippen molar-refractivity contribution in [3.05, 3.63) is 53.1 Å². The third-order valence-corrected chi connectivity index (χ3v) is 3.66. The van der Waals surface area contributed by atoms with E-state index in [-0.39, 0.29) is 11.6 Å². The number of carbonyl (C=O) groups excluding carboxylic acids is 1. The van der Waals surface area contributed by atoms with Crippen molar-refractivity contribution in [3.63, 3.8) is 0 Å². The first-order valence-corrected chi connectivity index (χ1v) is 7.16. The molecular weight excluding hydrogens is 288 g/mol. The fraction of sp³-hybridized carbons (Fsp3) is 0.143. The second kappa shape index (κ2) is 5.84. The summed E-state index contributed by atoms with van der Waals surface area (Å²) in [6, 6.07) is 5.45. The summed E-state index contributed by atoms with van der Waals surface area (Å²) >= 11 is 1.53. The van der Waals surface area contributed by atoms with Crippen molar-refractivity contribution in [1.29, 1.82) is 0 Å². The average molecular weight is 300 g/mol. The minimum absolute atomic E-state index is 0.249. The van der Waals surface area contributed by atoms with Gasteiger partial charge in [-0.15, -0.1) is 11.3 Å². The van der Waals surface area contributed by atoms with Crippen LogP contribution in [0.2, 0.25) is 0 Å². The van der Waals surface area contributed by atoms with Gasteiger partial charge in [-0.3, -0.25) is 14.8 Å². The Hall–Kier alpha value is -2.54. The first-order valence-electron chi connectivity index (χ1n) is 6.29. The van der Waals surface area contributed by atoms with Gasteiger partial charge < -0.3 is 9.84 Å². The molecule has 3 aromatic heterocycles. The fourth-order valence-electron chi connectivity index (χ4n) is 1.69. The minimum Gasteiger partial charge on any atom is -0.355 e. The van der Waals surface area contributed by atoms with Gasteiger partial charge in [-0.05, 0) is 18.4 Å². The maximum Gasteiger partial charge on any atom is 0.273 e. The van der Waals surface area contributed by atoms with Crippen molar-refractivity contribution in [2.75, 3.05) is 0 Å². The van der Waals surface area contributed by atoms with Crippen LogP contribution in [0.5, 0.6) is 0 Å². The number of hydrogen-bond donors (Lipinski definition) is 1. The lowest BCUT2D eigenvalue weighted by molar-refractivity contribution is 0.0941. The summed E-state index contributed by atoms with van der Waals surface area (Å²) in [5.41, 5.74) is 1.77. The zero-order chi connectivity index (χ0) is 14.7. The Morgan fingerprint density at radius 1 is 1.38 bits per heavy atom. The number of aromatic nitrogens is 3. The highest BCUT2D eigenvalue weighted by Gasteiger charge is 2.14. The van der Waals surface area contributed by atoms with E-state index in [9.17, 15) is 4.79 Å². The summed E-state index contributed by atoms with van der Waals surface area (Å²) in [4.78, 5) is 21.2. The summed E-state index contributed by atoms with van der Waals surface area (Å²) in [7, 11) is 0. The molecule has 3 rings (SSSR count). The Labute approximate surface area is 124 Å². The summed E-state index contributed by atoms with van der Waals surface area (Å²) < 4.78 is 5.17. The minimum atomic E-state index is -0.302.